The maximum atomic E-state index is 4.45. The van der Waals surface area contributed by atoms with Gasteiger partial charge in [-0.05, 0) is 39.5 Å². The number of nitrogens with zero attached hydrogens (tertiary/aromatic N) is 2. The Balaban J connectivity index is 2.04. The van der Waals surface area contributed by atoms with Gasteiger partial charge < -0.3 is 5.32 Å². The normalized spacial score (nSPS) is 17.9. The average molecular weight is 191 g/mol. The van der Waals surface area contributed by atoms with Gasteiger partial charge in [-0.25, -0.2) is 4.98 Å². The monoisotopic (exact) mass is 191 g/mol. The molecule has 14 heavy (non-hydrogen) atoms. The van der Waals surface area contributed by atoms with Crippen LogP contribution in [-0.4, -0.2) is 16.0 Å². The molecular weight excluding hydrogens is 174 g/mol. The first-order chi connectivity index (χ1) is 6.66. The van der Waals surface area contributed by atoms with E-state index in [1.165, 1.54) is 12.8 Å². The third kappa shape index (κ3) is 2.03. The summed E-state index contributed by atoms with van der Waals surface area (Å²) in [6, 6.07) is 0.534. The van der Waals surface area contributed by atoms with E-state index >= 15 is 0 Å². The molecule has 1 unspecified atom stereocenters. The van der Waals surface area contributed by atoms with Crippen molar-refractivity contribution in [2.75, 3.05) is 5.32 Å². The lowest BCUT2D eigenvalue weighted by Gasteiger charge is -2.13. The number of anilines is 1. The fourth-order valence-corrected chi connectivity index (χ4v) is 1.56. The second-order valence-electron chi connectivity index (χ2n) is 4.20. The minimum Gasteiger partial charge on any atom is -0.366 e. The first-order valence-electron chi connectivity index (χ1n) is 5.23. The highest BCUT2D eigenvalue weighted by atomic mass is 15.0. The standard InChI is InChI=1S/C11H17N3/c1-7-8(2)13-11(6-12-7)14-9(3)10-4-5-10/h6,9-10H,4-5H2,1-3H3,(H,13,14). The first kappa shape index (κ1) is 9.44. The molecule has 3 heteroatoms. The molecule has 1 saturated carbocycles. The number of aryl methyl sites for hydroxylation is 2. The molecule has 1 aromatic rings. The van der Waals surface area contributed by atoms with Gasteiger partial charge in [0.05, 0.1) is 17.6 Å². The molecule has 0 bridgehead atoms. The summed E-state index contributed by atoms with van der Waals surface area (Å²) >= 11 is 0. The highest BCUT2D eigenvalue weighted by Gasteiger charge is 2.27. The second-order valence-corrected chi connectivity index (χ2v) is 4.20. The lowest BCUT2D eigenvalue weighted by atomic mass is 10.2. The predicted molar refractivity (Wildman–Crippen MR) is 57.3 cm³/mol. The molecule has 1 aliphatic rings. The van der Waals surface area contributed by atoms with Gasteiger partial charge >= 0.3 is 0 Å². The van der Waals surface area contributed by atoms with Gasteiger partial charge in [0, 0.05) is 6.04 Å². The van der Waals surface area contributed by atoms with E-state index in [0.717, 1.165) is 23.1 Å². The van der Waals surface area contributed by atoms with Crippen molar-refractivity contribution in [3.8, 4) is 0 Å². The number of rotatable bonds is 3. The fourth-order valence-electron chi connectivity index (χ4n) is 1.56. The largest absolute Gasteiger partial charge is 0.366 e. The Labute approximate surface area is 85.0 Å². The van der Waals surface area contributed by atoms with Gasteiger partial charge in [0.25, 0.3) is 0 Å². The first-order valence-corrected chi connectivity index (χ1v) is 5.23. The Bertz CT molecular complexity index is 331. The quantitative estimate of drug-likeness (QED) is 0.796. The maximum Gasteiger partial charge on any atom is 0.145 e. The summed E-state index contributed by atoms with van der Waals surface area (Å²) in [7, 11) is 0. The Morgan fingerprint density at radius 3 is 2.64 bits per heavy atom. The van der Waals surface area contributed by atoms with Gasteiger partial charge in [-0.2, -0.15) is 0 Å². The number of aromatic nitrogens is 2. The Morgan fingerprint density at radius 2 is 2.07 bits per heavy atom. The van der Waals surface area contributed by atoms with Gasteiger partial charge in [0.1, 0.15) is 5.82 Å². The third-order valence-electron chi connectivity index (χ3n) is 2.90. The van der Waals surface area contributed by atoms with E-state index in [0.29, 0.717) is 6.04 Å². The van der Waals surface area contributed by atoms with Crippen molar-refractivity contribution in [2.45, 2.75) is 39.7 Å². The van der Waals surface area contributed by atoms with Gasteiger partial charge in [0.2, 0.25) is 0 Å². The highest BCUT2D eigenvalue weighted by Crippen LogP contribution is 2.33. The van der Waals surface area contributed by atoms with Crippen molar-refractivity contribution in [1.82, 2.24) is 9.97 Å². The van der Waals surface area contributed by atoms with Crippen molar-refractivity contribution in [3.05, 3.63) is 17.6 Å². The van der Waals surface area contributed by atoms with Crippen molar-refractivity contribution in [1.29, 1.82) is 0 Å². The van der Waals surface area contributed by atoms with Crippen molar-refractivity contribution >= 4 is 5.82 Å². The summed E-state index contributed by atoms with van der Waals surface area (Å²) in [5.74, 6) is 1.76. The molecule has 0 spiro atoms. The molecule has 0 amide bonds. The minimum absolute atomic E-state index is 0.534. The van der Waals surface area contributed by atoms with Crippen LogP contribution in [-0.2, 0) is 0 Å². The van der Waals surface area contributed by atoms with Crippen LogP contribution >= 0.6 is 0 Å². The molecule has 0 radical (unpaired) electrons. The molecule has 0 aliphatic heterocycles. The minimum atomic E-state index is 0.534. The lowest BCUT2D eigenvalue weighted by Crippen LogP contribution is -2.18. The Hall–Kier alpha value is -1.12. The van der Waals surface area contributed by atoms with Crippen LogP contribution in [0.4, 0.5) is 5.82 Å². The van der Waals surface area contributed by atoms with Crippen molar-refractivity contribution < 1.29 is 0 Å². The highest BCUT2D eigenvalue weighted by molar-refractivity contribution is 5.34. The zero-order valence-electron chi connectivity index (χ0n) is 9.04. The molecule has 1 atom stereocenters. The third-order valence-corrected chi connectivity index (χ3v) is 2.90. The van der Waals surface area contributed by atoms with E-state index in [2.05, 4.69) is 22.2 Å². The second kappa shape index (κ2) is 3.56. The van der Waals surface area contributed by atoms with Gasteiger partial charge in [-0.1, -0.05) is 0 Å². The van der Waals surface area contributed by atoms with Crippen LogP contribution in [0.2, 0.25) is 0 Å². The van der Waals surface area contributed by atoms with Crippen LogP contribution in [0.3, 0.4) is 0 Å². The maximum absolute atomic E-state index is 4.45. The van der Waals surface area contributed by atoms with Crippen LogP contribution < -0.4 is 5.32 Å². The van der Waals surface area contributed by atoms with Crippen molar-refractivity contribution in [3.63, 3.8) is 0 Å². The summed E-state index contributed by atoms with van der Waals surface area (Å²) in [4.78, 5) is 8.74. The van der Waals surface area contributed by atoms with E-state index in [1.807, 2.05) is 20.0 Å². The molecule has 1 N–H and O–H groups in total. The summed E-state index contributed by atoms with van der Waals surface area (Å²) < 4.78 is 0. The Morgan fingerprint density at radius 1 is 1.36 bits per heavy atom. The molecule has 1 aromatic heterocycles. The lowest BCUT2D eigenvalue weighted by molar-refractivity contribution is 0.689. The zero-order chi connectivity index (χ0) is 10.1. The predicted octanol–water partition coefficient (Wildman–Crippen LogP) is 2.30. The van der Waals surface area contributed by atoms with Crippen LogP contribution in [0.15, 0.2) is 6.20 Å². The van der Waals surface area contributed by atoms with E-state index in [9.17, 15) is 0 Å². The smallest absolute Gasteiger partial charge is 0.145 e. The van der Waals surface area contributed by atoms with Gasteiger partial charge in [-0.3, -0.25) is 4.98 Å². The molecule has 1 fully saturated rings. The van der Waals surface area contributed by atoms with E-state index in [-0.39, 0.29) is 0 Å². The number of hydrogen-bond donors (Lipinski definition) is 1. The molecule has 0 saturated heterocycles. The zero-order valence-corrected chi connectivity index (χ0v) is 9.04. The topological polar surface area (TPSA) is 37.8 Å². The van der Waals surface area contributed by atoms with E-state index < -0.39 is 0 Å². The summed E-state index contributed by atoms with van der Waals surface area (Å²) in [6.07, 6.45) is 4.53. The van der Waals surface area contributed by atoms with Crippen LogP contribution in [0.25, 0.3) is 0 Å². The van der Waals surface area contributed by atoms with Gasteiger partial charge in [-0.15, -0.1) is 0 Å². The number of hydrogen-bond acceptors (Lipinski definition) is 3. The van der Waals surface area contributed by atoms with Crippen LogP contribution in [0.5, 0.6) is 0 Å². The summed E-state index contributed by atoms with van der Waals surface area (Å²) in [5.41, 5.74) is 2.02. The molecule has 1 aliphatic carbocycles. The summed E-state index contributed by atoms with van der Waals surface area (Å²) in [6.45, 7) is 6.19. The molecule has 0 aromatic carbocycles. The van der Waals surface area contributed by atoms with Crippen LogP contribution in [0.1, 0.15) is 31.2 Å². The Kier molecular flexibility index (Phi) is 2.40. The molecular formula is C11H17N3. The van der Waals surface area contributed by atoms with Gasteiger partial charge in [0.15, 0.2) is 0 Å². The van der Waals surface area contributed by atoms with E-state index in [1.54, 1.807) is 0 Å². The van der Waals surface area contributed by atoms with Crippen LogP contribution in [0, 0.1) is 19.8 Å². The molecule has 1 heterocycles. The number of nitrogens with one attached hydrogen (secondary N) is 1. The molecule has 2 rings (SSSR count). The average Bonchev–Trinajstić information content (AvgIpc) is 2.94. The molecule has 76 valence electrons. The fraction of sp³-hybridized carbons (Fsp3) is 0.636. The van der Waals surface area contributed by atoms with Crippen molar-refractivity contribution in [2.24, 2.45) is 5.92 Å². The SMILES string of the molecule is Cc1ncc(NC(C)C2CC2)nc1C. The van der Waals surface area contributed by atoms with E-state index in [4.69, 9.17) is 0 Å². The summed E-state index contributed by atoms with van der Waals surface area (Å²) in [5, 5.41) is 3.40. The molecule has 3 nitrogen and oxygen atoms in total.